The van der Waals surface area contributed by atoms with E-state index in [0.29, 0.717) is 16.4 Å². The first-order valence-electron chi connectivity index (χ1n) is 7.39. The fourth-order valence-electron chi connectivity index (χ4n) is 2.09. The number of thiocarbonyl (C=S) groups is 1. The molecule has 0 aliphatic heterocycles. The van der Waals surface area contributed by atoms with Gasteiger partial charge in [0.1, 0.15) is 5.75 Å². The van der Waals surface area contributed by atoms with E-state index in [-0.39, 0.29) is 13.0 Å². The van der Waals surface area contributed by atoms with Crippen LogP contribution in [-0.4, -0.2) is 17.6 Å². The zero-order chi connectivity index (χ0) is 17.4. The van der Waals surface area contributed by atoms with Crippen molar-refractivity contribution >= 4 is 34.7 Å². The maximum atomic E-state index is 12.5. The summed E-state index contributed by atoms with van der Waals surface area (Å²) in [5.41, 5.74) is 1.43. The van der Waals surface area contributed by atoms with Crippen LogP contribution in [0.2, 0.25) is 0 Å². The van der Waals surface area contributed by atoms with Crippen LogP contribution in [0.5, 0.6) is 5.75 Å². The van der Waals surface area contributed by atoms with E-state index in [4.69, 9.17) is 22.2 Å². The Balaban J connectivity index is 2.15. The molecule has 0 fully saturated rings. The first-order valence-corrected chi connectivity index (χ1v) is 7.80. The number of benzene rings is 2. The second-order valence-electron chi connectivity index (χ2n) is 4.97. The Hall–Kier alpha value is -2.91. The van der Waals surface area contributed by atoms with Crippen LogP contribution < -0.4 is 15.0 Å². The van der Waals surface area contributed by atoms with Gasteiger partial charge in [0.15, 0.2) is 0 Å². The maximum absolute atomic E-state index is 12.5. The Morgan fingerprint density at radius 2 is 2.00 bits per heavy atom. The van der Waals surface area contributed by atoms with Crippen molar-refractivity contribution in [2.45, 2.75) is 13.3 Å². The molecule has 122 valence electrons. The van der Waals surface area contributed by atoms with E-state index >= 15 is 0 Å². The van der Waals surface area contributed by atoms with Crippen LogP contribution >= 0.6 is 12.2 Å². The van der Waals surface area contributed by atoms with Crippen LogP contribution in [0.4, 0.5) is 16.2 Å². The molecular formula is C18H17N3O2S. The second kappa shape index (κ2) is 8.65. The molecular weight excluding hydrogens is 322 g/mol. The lowest BCUT2D eigenvalue weighted by Gasteiger charge is -2.21. The Morgan fingerprint density at radius 3 is 2.67 bits per heavy atom. The van der Waals surface area contributed by atoms with Crippen molar-refractivity contribution in [3.05, 3.63) is 54.6 Å². The molecule has 2 aromatic carbocycles. The largest absolute Gasteiger partial charge is 0.419 e. The molecule has 5 nitrogen and oxygen atoms in total. The molecule has 0 radical (unpaired) electrons. The third kappa shape index (κ3) is 5.07. The molecule has 0 aliphatic carbocycles. The minimum absolute atomic E-state index is 0.218. The molecule has 1 amide bonds. The molecule has 0 atom stereocenters. The average Bonchev–Trinajstić information content (AvgIpc) is 2.56. The highest BCUT2D eigenvalue weighted by atomic mass is 32.1. The van der Waals surface area contributed by atoms with Crippen LogP contribution in [0.3, 0.4) is 0 Å². The van der Waals surface area contributed by atoms with Crippen molar-refractivity contribution in [2.24, 2.45) is 0 Å². The summed E-state index contributed by atoms with van der Waals surface area (Å²) in [6.45, 7) is 2.03. The van der Waals surface area contributed by atoms with E-state index in [0.717, 1.165) is 5.69 Å². The van der Waals surface area contributed by atoms with Gasteiger partial charge >= 0.3 is 6.09 Å². The average molecular weight is 339 g/mol. The van der Waals surface area contributed by atoms with Gasteiger partial charge in [0, 0.05) is 24.0 Å². The van der Waals surface area contributed by atoms with Gasteiger partial charge in [-0.15, -0.1) is 0 Å². The molecule has 0 saturated carbocycles. The quantitative estimate of drug-likeness (QED) is 0.820. The van der Waals surface area contributed by atoms with Crippen LogP contribution in [0.1, 0.15) is 13.3 Å². The highest BCUT2D eigenvalue weighted by Crippen LogP contribution is 2.20. The summed E-state index contributed by atoms with van der Waals surface area (Å²) in [5, 5.41) is 11.8. The summed E-state index contributed by atoms with van der Waals surface area (Å²) < 4.78 is 5.44. The van der Waals surface area contributed by atoms with Crippen LogP contribution in [-0.2, 0) is 0 Å². The fourth-order valence-corrected chi connectivity index (χ4v) is 2.21. The number of nitrogens with zero attached hydrogens (tertiary/aromatic N) is 2. The number of rotatable bonds is 5. The van der Waals surface area contributed by atoms with E-state index in [9.17, 15) is 4.79 Å². The number of carbonyl (C=O) groups is 1. The predicted molar refractivity (Wildman–Crippen MR) is 98.4 cm³/mol. The van der Waals surface area contributed by atoms with Crippen LogP contribution in [0, 0.1) is 11.3 Å². The van der Waals surface area contributed by atoms with Crippen LogP contribution in [0.25, 0.3) is 0 Å². The van der Waals surface area contributed by atoms with Gasteiger partial charge in [0.2, 0.25) is 0 Å². The lowest BCUT2D eigenvalue weighted by atomic mass is 10.3. The first-order chi connectivity index (χ1) is 11.6. The third-order valence-electron chi connectivity index (χ3n) is 3.10. The van der Waals surface area contributed by atoms with Gasteiger partial charge in [0.05, 0.1) is 17.5 Å². The highest BCUT2D eigenvalue weighted by molar-refractivity contribution is 7.80. The summed E-state index contributed by atoms with van der Waals surface area (Å²) in [6, 6.07) is 18.1. The standard InChI is InChI=1S/C18H17N3O2S/c1-14(24)20-15-7-5-10-17(13-15)23-18(22)21(12-6-11-19)16-8-3-2-4-9-16/h2-5,7-10,13H,6,12H2,1H3,(H,20,24). The summed E-state index contributed by atoms with van der Waals surface area (Å²) >= 11 is 5.00. The van der Waals surface area contributed by atoms with Gasteiger partial charge < -0.3 is 10.1 Å². The summed E-state index contributed by atoms with van der Waals surface area (Å²) in [5.74, 6) is 0.402. The molecule has 24 heavy (non-hydrogen) atoms. The third-order valence-corrected chi connectivity index (χ3v) is 3.20. The van der Waals surface area contributed by atoms with E-state index in [1.807, 2.05) is 30.3 Å². The van der Waals surface area contributed by atoms with E-state index in [1.165, 1.54) is 4.90 Å². The minimum Gasteiger partial charge on any atom is -0.410 e. The number of amides is 1. The van der Waals surface area contributed by atoms with Gasteiger partial charge in [-0.25, -0.2) is 4.79 Å². The molecule has 0 unspecified atom stereocenters. The Labute approximate surface area is 146 Å². The van der Waals surface area contributed by atoms with Gasteiger partial charge in [-0.2, -0.15) is 5.26 Å². The summed E-state index contributed by atoms with van der Waals surface area (Å²) in [7, 11) is 0. The van der Waals surface area contributed by atoms with E-state index < -0.39 is 6.09 Å². The SMILES string of the molecule is CC(=S)Nc1cccc(OC(=O)N(CCC#N)c2ccccc2)c1. The number of anilines is 2. The van der Waals surface area contributed by atoms with Gasteiger partial charge in [-0.3, -0.25) is 4.90 Å². The smallest absolute Gasteiger partial charge is 0.410 e. The van der Waals surface area contributed by atoms with Crippen molar-refractivity contribution in [1.82, 2.24) is 0 Å². The molecule has 2 rings (SSSR count). The minimum atomic E-state index is -0.535. The van der Waals surface area contributed by atoms with E-state index in [1.54, 1.807) is 37.3 Å². The molecule has 0 aliphatic rings. The lowest BCUT2D eigenvalue weighted by molar-refractivity contribution is 0.207. The maximum Gasteiger partial charge on any atom is 0.419 e. The number of nitriles is 1. The molecule has 2 aromatic rings. The zero-order valence-electron chi connectivity index (χ0n) is 13.2. The molecule has 0 saturated heterocycles. The molecule has 0 heterocycles. The highest BCUT2D eigenvalue weighted by Gasteiger charge is 2.17. The van der Waals surface area contributed by atoms with Crippen molar-refractivity contribution in [1.29, 1.82) is 5.26 Å². The number of para-hydroxylation sites is 1. The number of nitrogens with one attached hydrogen (secondary N) is 1. The molecule has 0 bridgehead atoms. The zero-order valence-corrected chi connectivity index (χ0v) is 14.0. The molecule has 6 heteroatoms. The number of ether oxygens (including phenoxy) is 1. The number of hydrogen-bond donors (Lipinski definition) is 1. The summed E-state index contributed by atoms with van der Waals surface area (Å²) in [6.07, 6.45) is -0.317. The van der Waals surface area contributed by atoms with Crippen molar-refractivity contribution in [2.75, 3.05) is 16.8 Å². The number of carbonyl (C=O) groups excluding carboxylic acids is 1. The number of hydrogen-bond acceptors (Lipinski definition) is 4. The predicted octanol–water partition coefficient (Wildman–Crippen LogP) is 4.36. The lowest BCUT2D eigenvalue weighted by Crippen LogP contribution is -2.34. The van der Waals surface area contributed by atoms with Gasteiger partial charge in [-0.05, 0) is 31.2 Å². The first kappa shape index (κ1) is 17.4. The topological polar surface area (TPSA) is 65.4 Å². The van der Waals surface area contributed by atoms with Gasteiger partial charge in [0.25, 0.3) is 0 Å². The monoisotopic (exact) mass is 339 g/mol. The molecule has 0 aromatic heterocycles. The fraction of sp³-hybridized carbons (Fsp3) is 0.167. The van der Waals surface area contributed by atoms with Crippen molar-refractivity contribution < 1.29 is 9.53 Å². The Kier molecular flexibility index (Phi) is 6.29. The Morgan fingerprint density at radius 1 is 1.25 bits per heavy atom. The molecule has 0 spiro atoms. The normalized spacial score (nSPS) is 9.67. The van der Waals surface area contributed by atoms with Crippen molar-refractivity contribution in [3.8, 4) is 11.8 Å². The summed E-state index contributed by atoms with van der Waals surface area (Å²) in [4.78, 5) is 14.6. The Bertz CT molecular complexity index is 756. The van der Waals surface area contributed by atoms with Gasteiger partial charge in [-0.1, -0.05) is 36.5 Å². The molecule has 1 N–H and O–H groups in total. The van der Waals surface area contributed by atoms with E-state index in [2.05, 4.69) is 5.32 Å². The second-order valence-corrected chi connectivity index (χ2v) is 5.58. The van der Waals surface area contributed by atoms with Crippen molar-refractivity contribution in [3.63, 3.8) is 0 Å². The van der Waals surface area contributed by atoms with Crippen LogP contribution in [0.15, 0.2) is 54.6 Å².